The summed E-state index contributed by atoms with van der Waals surface area (Å²) in [6.07, 6.45) is -0.362. The van der Waals surface area contributed by atoms with Crippen molar-refractivity contribution in [1.82, 2.24) is 0 Å². The molecule has 1 atom stereocenters. The molecule has 0 fully saturated rings. The van der Waals surface area contributed by atoms with Crippen molar-refractivity contribution in [2.45, 2.75) is 19.4 Å². The van der Waals surface area contributed by atoms with E-state index in [2.05, 4.69) is 15.9 Å². The van der Waals surface area contributed by atoms with E-state index in [1.165, 1.54) is 0 Å². The van der Waals surface area contributed by atoms with E-state index in [9.17, 15) is 9.50 Å². The van der Waals surface area contributed by atoms with Crippen LogP contribution in [-0.4, -0.2) is 18.0 Å². The summed E-state index contributed by atoms with van der Waals surface area (Å²) >= 11 is 3.24. The molecule has 0 bridgehead atoms. The van der Waals surface area contributed by atoms with E-state index in [0.717, 1.165) is 0 Å². The lowest BCUT2D eigenvalue weighted by atomic mass is 10.1. The molecule has 1 N–H and O–H groups in total. The van der Waals surface area contributed by atoms with Gasteiger partial charge in [0.05, 0.1) is 6.10 Å². The molecule has 1 aromatic carbocycles. The Morgan fingerprint density at radius 3 is 3.00 bits per heavy atom. The van der Waals surface area contributed by atoms with Crippen LogP contribution in [0.1, 0.15) is 12.5 Å². The second-order valence-corrected chi connectivity index (χ2v) is 4.29. The average molecular weight is 277 g/mol. The lowest BCUT2D eigenvalue weighted by molar-refractivity contribution is 0.170. The van der Waals surface area contributed by atoms with Gasteiger partial charge in [-0.1, -0.05) is 15.9 Å². The van der Waals surface area contributed by atoms with Crippen LogP contribution in [-0.2, 0) is 6.42 Å². The largest absolute Gasteiger partial charge is 0.453 e. The number of benzene rings is 1. The highest BCUT2D eigenvalue weighted by atomic mass is 79.9. The second-order valence-electron chi connectivity index (χ2n) is 3.44. The normalized spacial score (nSPS) is 15.5. The van der Waals surface area contributed by atoms with Crippen LogP contribution < -0.4 is 9.47 Å². The Morgan fingerprint density at radius 2 is 2.33 bits per heavy atom. The SMILES string of the molecule is CC(O)Cc1c(Br)cc2c(c1F)OCO2. The predicted octanol–water partition coefficient (Wildman–Crippen LogP) is 2.24. The second kappa shape index (κ2) is 3.98. The fraction of sp³-hybridized carbons (Fsp3) is 0.400. The third-order valence-corrected chi connectivity index (χ3v) is 2.86. The van der Waals surface area contributed by atoms with Gasteiger partial charge in [0, 0.05) is 16.5 Å². The lowest BCUT2D eigenvalue weighted by Crippen LogP contribution is -2.07. The van der Waals surface area contributed by atoms with Gasteiger partial charge in [0.15, 0.2) is 11.6 Å². The third-order valence-electron chi connectivity index (χ3n) is 2.15. The van der Waals surface area contributed by atoms with Crippen LogP contribution in [0.15, 0.2) is 10.5 Å². The summed E-state index contributed by atoms with van der Waals surface area (Å²) in [5.41, 5.74) is 0.411. The van der Waals surface area contributed by atoms with Gasteiger partial charge in [0.2, 0.25) is 12.5 Å². The molecule has 0 amide bonds. The van der Waals surface area contributed by atoms with Crippen LogP contribution in [0.25, 0.3) is 0 Å². The van der Waals surface area contributed by atoms with E-state index in [1.807, 2.05) is 0 Å². The summed E-state index contributed by atoms with van der Waals surface area (Å²) in [7, 11) is 0. The van der Waals surface area contributed by atoms with Crippen LogP contribution in [0.5, 0.6) is 11.5 Å². The van der Waals surface area contributed by atoms with E-state index in [4.69, 9.17) is 9.47 Å². The summed E-state index contributed by atoms with van der Waals surface area (Å²) < 4.78 is 24.5. The summed E-state index contributed by atoms with van der Waals surface area (Å²) in [5, 5.41) is 9.24. The molecule has 1 heterocycles. The maximum absolute atomic E-state index is 13.8. The van der Waals surface area contributed by atoms with Gasteiger partial charge in [0.1, 0.15) is 0 Å². The topological polar surface area (TPSA) is 38.7 Å². The minimum absolute atomic E-state index is 0.0385. The summed E-state index contributed by atoms with van der Waals surface area (Å²) in [6.45, 7) is 1.65. The molecule has 1 aliphatic rings. The van der Waals surface area contributed by atoms with Crippen molar-refractivity contribution < 1.29 is 19.0 Å². The number of aliphatic hydroxyl groups excluding tert-OH is 1. The van der Waals surface area contributed by atoms with E-state index >= 15 is 0 Å². The Kier molecular flexibility index (Phi) is 2.84. The minimum Gasteiger partial charge on any atom is -0.453 e. The number of aliphatic hydroxyl groups is 1. The van der Waals surface area contributed by atoms with Gasteiger partial charge in [-0.3, -0.25) is 0 Å². The number of fused-ring (bicyclic) bond motifs is 1. The fourth-order valence-electron chi connectivity index (χ4n) is 1.49. The van der Waals surface area contributed by atoms with Crippen LogP contribution in [0.3, 0.4) is 0 Å². The molecule has 0 aliphatic carbocycles. The van der Waals surface area contributed by atoms with E-state index in [0.29, 0.717) is 15.8 Å². The van der Waals surface area contributed by atoms with Gasteiger partial charge >= 0.3 is 0 Å². The Hall–Kier alpha value is -0.810. The molecule has 1 aromatic rings. The smallest absolute Gasteiger partial charge is 0.231 e. The van der Waals surface area contributed by atoms with Gasteiger partial charge in [-0.25, -0.2) is 4.39 Å². The Labute approximate surface area is 94.9 Å². The zero-order chi connectivity index (χ0) is 11.0. The molecule has 0 radical (unpaired) electrons. The van der Waals surface area contributed by atoms with Crippen molar-refractivity contribution in [3.8, 4) is 11.5 Å². The Balaban J connectivity index is 2.46. The van der Waals surface area contributed by atoms with Crippen molar-refractivity contribution >= 4 is 15.9 Å². The lowest BCUT2D eigenvalue weighted by Gasteiger charge is -2.10. The zero-order valence-electron chi connectivity index (χ0n) is 8.09. The molecule has 0 saturated heterocycles. The first-order valence-electron chi connectivity index (χ1n) is 4.54. The first-order chi connectivity index (χ1) is 7.09. The van der Waals surface area contributed by atoms with Crippen LogP contribution in [0, 0.1) is 5.82 Å². The van der Waals surface area contributed by atoms with Crippen LogP contribution >= 0.6 is 15.9 Å². The van der Waals surface area contributed by atoms with Gasteiger partial charge in [-0.2, -0.15) is 0 Å². The van der Waals surface area contributed by atoms with E-state index in [-0.39, 0.29) is 19.0 Å². The highest BCUT2D eigenvalue weighted by Gasteiger charge is 2.24. The van der Waals surface area contributed by atoms with Gasteiger partial charge in [0.25, 0.3) is 0 Å². The maximum atomic E-state index is 13.8. The number of rotatable bonds is 2. The van der Waals surface area contributed by atoms with Crippen molar-refractivity contribution in [3.05, 3.63) is 21.9 Å². The summed E-state index contributed by atoms with van der Waals surface area (Å²) in [4.78, 5) is 0. The van der Waals surface area contributed by atoms with Gasteiger partial charge in [-0.05, 0) is 13.0 Å². The molecule has 5 heteroatoms. The standard InChI is InChI=1S/C10H10BrFO3/c1-5(13)2-6-7(11)3-8-10(9(6)12)15-4-14-8/h3,5,13H,2,4H2,1H3. The van der Waals surface area contributed by atoms with E-state index in [1.54, 1.807) is 13.0 Å². The average Bonchev–Trinajstić information content (AvgIpc) is 2.59. The zero-order valence-corrected chi connectivity index (χ0v) is 9.67. The van der Waals surface area contributed by atoms with Crippen LogP contribution in [0.2, 0.25) is 0 Å². The molecule has 1 unspecified atom stereocenters. The van der Waals surface area contributed by atoms with Crippen molar-refractivity contribution in [3.63, 3.8) is 0 Å². The monoisotopic (exact) mass is 276 g/mol. The molecule has 1 aliphatic heterocycles. The quantitative estimate of drug-likeness (QED) is 0.901. The van der Waals surface area contributed by atoms with Crippen molar-refractivity contribution in [2.75, 3.05) is 6.79 Å². The minimum atomic E-state index is -0.601. The molecule has 0 aromatic heterocycles. The summed E-state index contributed by atoms with van der Waals surface area (Å²) in [5.74, 6) is 0.0698. The highest BCUT2D eigenvalue weighted by Crippen LogP contribution is 2.40. The Morgan fingerprint density at radius 1 is 1.60 bits per heavy atom. The number of ether oxygens (including phenoxy) is 2. The fourth-order valence-corrected chi connectivity index (χ4v) is 2.04. The van der Waals surface area contributed by atoms with Crippen molar-refractivity contribution in [2.24, 2.45) is 0 Å². The molecular formula is C10H10BrFO3. The molecule has 2 rings (SSSR count). The highest BCUT2D eigenvalue weighted by molar-refractivity contribution is 9.10. The van der Waals surface area contributed by atoms with E-state index < -0.39 is 11.9 Å². The number of hydrogen-bond acceptors (Lipinski definition) is 3. The molecule has 0 saturated carbocycles. The molecule has 3 nitrogen and oxygen atoms in total. The van der Waals surface area contributed by atoms with Gasteiger partial charge in [-0.15, -0.1) is 0 Å². The first kappa shape index (κ1) is 10.7. The Bertz CT molecular complexity index is 393. The molecule has 82 valence electrons. The number of hydrogen-bond donors (Lipinski definition) is 1. The number of halogens is 2. The molecule has 0 spiro atoms. The summed E-state index contributed by atoms with van der Waals surface area (Å²) in [6, 6.07) is 1.66. The first-order valence-corrected chi connectivity index (χ1v) is 5.33. The maximum Gasteiger partial charge on any atom is 0.231 e. The third kappa shape index (κ3) is 1.94. The van der Waals surface area contributed by atoms with Crippen LogP contribution in [0.4, 0.5) is 4.39 Å². The predicted molar refractivity (Wildman–Crippen MR) is 55.6 cm³/mol. The molecular weight excluding hydrogens is 267 g/mol. The van der Waals surface area contributed by atoms with Gasteiger partial charge < -0.3 is 14.6 Å². The molecule has 15 heavy (non-hydrogen) atoms. The van der Waals surface area contributed by atoms with Crippen molar-refractivity contribution in [1.29, 1.82) is 0 Å².